The fourth-order valence-corrected chi connectivity index (χ4v) is 6.23. The van der Waals surface area contributed by atoms with Crippen LogP contribution in [0.15, 0.2) is 44.6 Å². The number of nitrogens with zero attached hydrogens (tertiary/aromatic N) is 3. The Morgan fingerprint density at radius 1 is 1.27 bits per heavy atom. The molecule has 2 aromatic heterocycles. The summed E-state index contributed by atoms with van der Waals surface area (Å²) in [7, 11) is -3.79. The maximum absolute atomic E-state index is 12.9. The number of thioether (sulfide) groups is 1. The summed E-state index contributed by atoms with van der Waals surface area (Å²) in [4.78, 5) is 20.5. The molecule has 4 rings (SSSR count). The third kappa shape index (κ3) is 4.23. The van der Waals surface area contributed by atoms with Gasteiger partial charge < -0.3 is 9.42 Å². The molecule has 3 heterocycles. The molecule has 0 spiro atoms. The van der Waals surface area contributed by atoms with E-state index in [1.54, 1.807) is 30.0 Å². The lowest BCUT2D eigenvalue weighted by Crippen LogP contribution is -2.27. The summed E-state index contributed by atoms with van der Waals surface area (Å²) in [6, 6.07) is 8.70. The first kappa shape index (κ1) is 20.9. The fourth-order valence-electron chi connectivity index (χ4n) is 3.20. The minimum Gasteiger partial charge on any atom is -0.334 e. The number of sulfonamides is 1. The minimum atomic E-state index is -3.79. The highest BCUT2D eigenvalue weighted by atomic mass is 32.2. The lowest BCUT2D eigenvalue weighted by Gasteiger charge is -2.10. The molecule has 0 radical (unpaired) electrons. The number of hydrogen-bond acceptors (Lipinski definition) is 8. The lowest BCUT2D eigenvalue weighted by atomic mass is 10.3. The molecule has 1 saturated heterocycles. The number of amides is 1. The Labute approximate surface area is 182 Å². The number of likely N-dealkylation sites (tertiary alicyclic amines) is 1. The van der Waals surface area contributed by atoms with Crippen molar-refractivity contribution in [3.63, 3.8) is 0 Å². The number of carbonyl (C=O) groups excluding carboxylic acids is 1. The summed E-state index contributed by atoms with van der Waals surface area (Å²) in [5.74, 6) is -0.159. The molecule has 8 nitrogen and oxygen atoms in total. The maximum atomic E-state index is 12.9. The van der Waals surface area contributed by atoms with Gasteiger partial charge in [0, 0.05) is 28.5 Å². The molecule has 0 bridgehead atoms. The van der Waals surface area contributed by atoms with Gasteiger partial charge in [-0.3, -0.25) is 9.52 Å². The zero-order chi connectivity index (χ0) is 21.3. The molecule has 0 saturated carbocycles. The molecule has 1 aliphatic heterocycles. The second-order valence-electron chi connectivity index (χ2n) is 6.79. The van der Waals surface area contributed by atoms with Crippen LogP contribution in [0.1, 0.15) is 28.4 Å². The Hall–Kier alpha value is -2.37. The average Bonchev–Trinajstić information content (AvgIpc) is 3.47. The second kappa shape index (κ2) is 8.40. The SMILES string of the molecule is CSc1cccc(NS(=O)(=O)c2cc(-c3noc(C(=O)N4CCCC4)n3)sc2C)c1. The van der Waals surface area contributed by atoms with E-state index in [0.29, 0.717) is 28.5 Å². The van der Waals surface area contributed by atoms with E-state index >= 15 is 0 Å². The molecule has 30 heavy (non-hydrogen) atoms. The van der Waals surface area contributed by atoms with E-state index in [9.17, 15) is 13.2 Å². The third-order valence-electron chi connectivity index (χ3n) is 4.71. The summed E-state index contributed by atoms with van der Waals surface area (Å²) in [5.41, 5.74) is 0.493. The van der Waals surface area contributed by atoms with E-state index in [2.05, 4.69) is 14.9 Å². The number of aromatic nitrogens is 2. The van der Waals surface area contributed by atoms with Crippen LogP contribution in [0, 0.1) is 6.92 Å². The molecule has 11 heteroatoms. The highest BCUT2D eigenvalue weighted by molar-refractivity contribution is 7.98. The Kier molecular flexibility index (Phi) is 5.85. The van der Waals surface area contributed by atoms with Crippen LogP contribution in [0.5, 0.6) is 0 Å². The summed E-state index contributed by atoms with van der Waals surface area (Å²) in [5, 5.41) is 3.88. The van der Waals surface area contributed by atoms with Gasteiger partial charge in [0.05, 0.1) is 4.88 Å². The number of benzene rings is 1. The van der Waals surface area contributed by atoms with Crippen molar-refractivity contribution >= 4 is 44.7 Å². The molecule has 1 fully saturated rings. The largest absolute Gasteiger partial charge is 0.334 e. The van der Waals surface area contributed by atoms with Crippen LogP contribution in [-0.2, 0) is 10.0 Å². The zero-order valence-corrected chi connectivity index (χ0v) is 18.9. The Morgan fingerprint density at radius 3 is 2.77 bits per heavy atom. The van der Waals surface area contributed by atoms with Gasteiger partial charge in [-0.2, -0.15) is 4.98 Å². The average molecular weight is 465 g/mol. The normalized spacial score (nSPS) is 14.3. The highest BCUT2D eigenvalue weighted by Gasteiger charge is 2.27. The predicted octanol–water partition coefficient (Wildman–Crippen LogP) is 3.87. The van der Waals surface area contributed by atoms with Gasteiger partial charge in [0.25, 0.3) is 10.0 Å². The Bertz CT molecular complexity index is 1180. The van der Waals surface area contributed by atoms with Crippen molar-refractivity contribution in [3.8, 4) is 10.7 Å². The smallest absolute Gasteiger partial charge is 0.316 e. The van der Waals surface area contributed by atoms with Crippen LogP contribution < -0.4 is 4.72 Å². The molecule has 0 atom stereocenters. The molecule has 1 N–H and O–H groups in total. The summed E-state index contributed by atoms with van der Waals surface area (Å²) < 4.78 is 33.6. The van der Waals surface area contributed by atoms with Crippen molar-refractivity contribution in [2.45, 2.75) is 29.6 Å². The summed E-state index contributed by atoms with van der Waals surface area (Å²) >= 11 is 2.77. The quantitative estimate of drug-likeness (QED) is 0.552. The monoisotopic (exact) mass is 464 g/mol. The van der Waals surface area contributed by atoms with Crippen molar-refractivity contribution < 1.29 is 17.7 Å². The highest BCUT2D eigenvalue weighted by Crippen LogP contribution is 2.33. The fraction of sp³-hybridized carbons (Fsp3) is 0.316. The number of nitrogens with one attached hydrogen (secondary N) is 1. The number of rotatable bonds is 6. The zero-order valence-electron chi connectivity index (χ0n) is 16.4. The van der Waals surface area contributed by atoms with Gasteiger partial charge in [-0.25, -0.2) is 8.42 Å². The molecule has 3 aromatic rings. The molecule has 158 valence electrons. The van der Waals surface area contributed by atoms with Crippen LogP contribution in [0.2, 0.25) is 0 Å². The maximum Gasteiger partial charge on any atom is 0.316 e. The van der Waals surface area contributed by atoms with E-state index in [4.69, 9.17) is 4.52 Å². The first-order valence-corrected chi connectivity index (χ1v) is 12.8. The molecular formula is C19H20N4O4S3. The van der Waals surface area contributed by atoms with Crippen LogP contribution in [0.25, 0.3) is 10.7 Å². The van der Waals surface area contributed by atoms with Gasteiger partial charge in [0.15, 0.2) is 0 Å². The number of hydrogen-bond donors (Lipinski definition) is 1. The summed E-state index contributed by atoms with van der Waals surface area (Å²) in [6.07, 6.45) is 3.85. The van der Waals surface area contributed by atoms with Crippen molar-refractivity contribution in [1.82, 2.24) is 15.0 Å². The molecule has 1 aromatic carbocycles. The second-order valence-corrected chi connectivity index (χ2v) is 10.6. The van der Waals surface area contributed by atoms with E-state index in [-0.39, 0.29) is 22.5 Å². The van der Waals surface area contributed by atoms with Crippen LogP contribution in [0.4, 0.5) is 5.69 Å². The first-order valence-electron chi connectivity index (χ1n) is 9.28. The predicted molar refractivity (Wildman–Crippen MR) is 117 cm³/mol. The van der Waals surface area contributed by atoms with Crippen LogP contribution in [0.3, 0.4) is 0 Å². The topological polar surface area (TPSA) is 105 Å². The number of carbonyl (C=O) groups is 1. The molecular weight excluding hydrogens is 444 g/mol. The van der Waals surface area contributed by atoms with Crippen molar-refractivity contribution in [2.24, 2.45) is 0 Å². The third-order valence-corrected chi connectivity index (χ3v) is 8.11. The van der Waals surface area contributed by atoms with Gasteiger partial charge in [0.2, 0.25) is 5.82 Å². The van der Waals surface area contributed by atoms with Gasteiger partial charge in [0.1, 0.15) is 4.90 Å². The van der Waals surface area contributed by atoms with Gasteiger partial charge in [-0.1, -0.05) is 11.2 Å². The van der Waals surface area contributed by atoms with E-state index < -0.39 is 10.0 Å². The van der Waals surface area contributed by atoms with Gasteiger partial charge in [-0.15, -0.1) is 23.1 Å². The van der Waals surface area contributed by atoms with Crippen LogP contribution in [-0.4, -0.2) is 48.7 Å². The summed E-state index contributed by atoms with van der Waals surface area (Å²) in [6.45, 7) is 3.08. The van der Waals surface area contributed by atoms with E-state index in [1.807, 2.05) is 12.3 Å². The van der Waals surface area contributed by atoms with Gasteiger partial charge >= 0.3 is 11.8 Å². The van der Waals surface area contributed by atoms with E-state index in [1.165, 1.54) is 29.2 Å². The van der Waals surface area contributed by atoms with Crippen molar-refractivity contribution in [3.05, 3.63) is 41.1 Å². The van der Waals surface area contributed by atoms with E-state index in [0.717, 1.165) is 17.7 Å². The van der Waals surface area contributed by atoms with Crippen LogP contribution >= 0.6 is 23.1 Å². The number of aryl methyl sites for hydroxylation is 1. The molecule has 0 unspecified atom stereocenters. The molecule has 1 amide bonds. The number of thiophene rings is 1. The molecule has 1 aliphatic rings. The Morgan fingerprint density at radius 2 is 2.03 bits per heavy atom. The van der Waals surface area contributed by atoms with Gasteiger partial charge in [-0.05, 0) is 50.3 Å². The standard InChI is InChI=1S/C19H20N4O4S3/c1-12-16(30(25,26)22-13-6-5-7-14(10-13)28-2)11-15(29-12)17-20-18(27-21-17)19(24)23-8-3-4-9-23/h5-7,10-11,22H,3-4,8-9H2,1-2H3. The number of anilines is 1. The van der Waals surface area contributed by atoms with Crippen molar-refractivity contribution in [1.29, 1.82) is 0 Å². The first-order chi connectivity index (χ1) is 14.4. The minimum absolute atomic E-state index is 0.0747. The molecule has 0 aliphatic carbocycles. The van der Waals surface area contributed by atoms with Crippen molar-refractivity contribution in [2.75, 3.05) is 24.1 Å². The Balaban J connectivity index is 1.57. The lowest BCUT2D eigenvalue weighted by molar-refractivity contribution is 0.0743.